The van der Waals surface area contributed by atoms with Gasteiger partial charge in [-0.1, -0.05) is 0 Å². The molecule has 3 N–H and O–H groups in total. The molecule has 0 saturated carbocycles. The van der Waals surface area contributed by atoms with Crippen LogP contribution in [-0.2, 0) is 9.59 Å². The molecule has 0 aromatic carbocycles. The fourth-order valence-corrected chi connectivity index (χ4v) is 1.90. The number of carboxylic acid groups (broad SMARTS) is 2. The van der Waals surface area contributed by atoms with Gasteiger partial charge in [-0.25, -0.2) is 0 Å². The fourth-order valence-electron chi connectivity index (χ4n) is 1.90. The zero-order chi connectivity index (χ0) is 10.6. The monoisotopic (exact) mass is 201 g/mol. The smallest absolute Gasteiger partial charge is 0.306 e. The molecule has 1 rings (SSSR count). The first-order valence-electron chi connectivity index (χ1n) is 4.76. The van der Waals surface area contributed by atoms with E-state index in [2.05, 4.69) is 5.32 Å². The van der Waals surface area contributed by atoms with Crippen LogP contribution in [0.2, 0.25) is 0 Å². The molecule has 1 saturated heterocycles. The average Bonchev–Trinajstić information content (AvgIpc) is 2.28. The molecule has 1 heterocycles. The molecule has 0 bridgehead atoms. The Hall–Kier alpha value is -1.10. The number of rotatable bonds is 3. The minimum atomic E-state index is -0.914. The van der Waals surface area contributed by atoms with Crippen LogP contribution in [0.4, 0.5) is 0 Å². The van der Waals surface area contributed by atoms with Gasteiger partial charge in [0.15, 0.2) is 0 Å². The second kappa shape index (κ2) is 4.95. The molecular weight excluding hydrogens is 186 g/mol. The highest BCUT2D eigenvalue weighted by atomic mass is 16.4. The van der Waals surface area contributed by atoms with Crippen LogP contribution in [0.3, 0.4) is 0 Å². The SMILES string of the molecule is O=C(O)C[C@H]1CCNCC[C@H]1C(=O)O. The van der Waals surface area contributed by atoms with E-state index in [-0.39, 0.29) is 12.3 Å². The highest BCUT2D eigenvalue weighted by Crippen LogP contribution is 2.24. The molecule has 5 nitrogen and oxygen atoms in total. The molecule has 2 atom stereocenters. The van der Waals surface area contributed by atoms with E-state index in [1.807, 2.05) is 0 Å². The summed E-state index contributed by atoms with van der Waals surface area (Å²) in [5.74, 6) is -2.54. The summed E-state index contributed by atoms with van der Waals surface area (Å²) in [7, 11) is 0. The number of carboxylic acids is 2. The van der Waals surface area contributed by atoms with Gasteiger partial charge in [-0.05, 0) is 31.8 Å². The van der Waals surface area contributed by atoms with Crippen LogP contribution in [0.5, 0.6) is 0 Å². The van der Waals surface area contributed by atoms with Crippen molar-refractivity contribution in [2.24, 2.45) is 11.8 Å². The maximum atomic E-state index is 10.9. The van der Waals surface area contributed by atoms with Gasteiger partial charge < -0.3 is 15.5 Å². The first-order valence-corrected chi connectivity index (χ1v) is 4.76. The molecule has 80 valence electrons. The van der Waals surface area contributed by atoms with E-state index in [0.29, 0.717) is 25.9 Å². The van der Waals surface area contributed by atoms with Gasteiger partial charge in [0.25, 0.3) is 0 Å². The first-order chi connectivity index (χ1) is 6.61. The molecule has 1 fully saturated rings. The van der Waals surface area contributed by atoms with Gasteiger partial charge in [0.05, 0.1) is 5.92 Å². The van der Waals surface area contributed by atoms with Crippen molar-refractivity contribution in [2.45, 2.75) is 19.3 Å². The molecule has 0 radical (unpaired) electrons. The summed E-state index contributed by atoms with van der Waals surface area (Å²) in [6.07, 6.45) is 1.11. The predicted molar refractivity (Wildman–Crippen MR) is 49.0 cm³/mol. The third-order valence-electron chi connectivity index (χ3n) is 2.65. The summed E-state index contributed by atoms with van der Waals surface area (Å²) < 4.78 is 0. The lowest BCUT2D eigenvalue weighted by Crippen LogP contribution is -2.25. The van der Waals surface area contributed by atoms with Crippen LogP contribution in [0.15, 0.2) is 0 Å². The van der Waals surface area contributed by atoms with Gasteiger partial charge >= 0.3 is 11.9 Å². The lowest BCUT2D eigenvalue weighted by Gasteiger charge is -2.18. The number of aliphatic carboxylic acids is 2. The lowest BCUT2D eigenvalue weighted by molar-refractivity contribution is -0.145. The van der Waals surface area contributed by atoms with Crippen LogP contribution < -0.4 is 5.32 Å². The molecular formula is C9H15NO4. The van der Waals surface area contributed by atoms with Crippen molar-refractivity contribution in [1.82, 2.24) is 5.32 Å². The van der Waals surface area contributed by atoms with E-state index in [9.17, 15) is 9.59 Å². The van der Waals surface area contributed by atoms with Crippen molar-refractivity contribution in [3.63, 3.8) is 0 Å². The number of hydrogen-bond acceptors (Lipinski definition) is 3. The third kappa shape index (κ3) is 2.99. The second-order valence-corrected chi connectivity index (χ2v) is 3.63. The summed E-state index contributed by atoms with van der Waals surface area (Å²) in [4.78, 5) is 21.4. The standard InChI is InChI=1S/C9H15NO4/c11-8(12)5-6-1-3-10-4-2-7(6)9(13)14/h6-7,10H,1-5H2,(H,11,12)(H,13,14)/t6-,7-/m1/s1. The molecule has 0 spiro atoms. The quantitative estimate of drug-likeness (QED) is 0.605. The van der Waals surface area contributed by atoms with Crippen molar-refractivity contribution in [2.75, 3.05) is 13.1 Å². The Bertz CT molecular complexity index is 229. The van der Waals surface area contributed by atoms with E-state index in [1.54, 1.807) is 0 Å². The molecule has 0 aromatic heterocycles. The predicted octanol–water partition coefficient (Wildman–Crippen LogP) is 0.161. The van der Waals surface area contributed by atoms with Gasteiger partial charge in [0.1, 0.15) is 0 Å². The van der Waals surface area contributed by atoms with Crippen LogP contribution in [0, 0.1) is 11.8 Å². The Kier molecular flexibility index (Phi) is 3.88. The van der Waals surface area contributed by atoms with Gasteiger partial charge in [0.2, 0.25) is 0 Å². The molecule has 0 unspecified atom stereocenters. The van der Waals surface area contributed by atoms with Crippen molar-refractivity contribution in [3.05, 3.63) is 0 Å². The van der Waals surface area contributed by atoms with Gasteiger partial charge in [-0.15, -0.1) is 0 Å². The minimum absolute atomic E-state index is 0.0430. The Balaban J connectivity index is 2.63. The van der Waals surface area contributed by atoms with E-state index in [1.165, 1.54) is 0 Å². The number of nitrogens with one attached hydrogen (secondary N) is 1. The second-order valence-electron chi connectivity index (χ2n) is 3.63. The third-order valence-corrected chi connectivity index (χ3v) is 2.65. The van der Waals surface area contributed by atoms with E-state index in [4.69, 9.17) is 10.2 Å². The maximum Gasteiger partial charge on any atom is 0.306 e. The van der Waals surface area contributed by atoms with Crippen LogP contribution in [0.25, 0.3) is 0 Å². The Labute approximate surface area is 82.1 Å². The summed E-state index contributed by atoms with van der Waals surface area (Å²) in [6, 6.07) is 0. The minimum Gasteiger partial charge on any atom is -0.481 e. The van der Waals surface area contributed by atoms with Gasteiger partial charge in [-0.2, -0.15) is 0 Å². The van der Waals surface area contributed by atoms with Crippen molar-refractivity contribution in [1.29, 1.82) is 0 Å². The summed E-state index contributed by atoms with van der Waals surface area (Å²) in [5.41, 5.74) is 0. The Morgan fingerprint density at radius 3 is 2.43 bits per heavy atom. The van der Waals surface area contributed by atoms with E-state index < -0.39 is 17.9 Å². The van der Waals surface area contributed by atoms with Crippen LogP contribution in [0.1, 0.15) is 19.3 Å². The highest BCUT2D eigenvalue weighted by molar-refractivity contribution is 5.73. The lowest BCUT2D eigenvalue weighted by atomic mass is 9.85. The van der Waals surface area contributed by atoms with E-state index in [0.717, 1.165) is 0 Å². The first kappa shape index (κ1) is 11.0. The van der Waals surface area contributed by atoms with Crippen molar-refractivity contribution >= 4 is 11.9 Å². The van der Waals surface area contributed by atoms with Crippen LogP contribution in [-0.4, -0.2) is 35.2 Å². The summed E-state index contributed by atoms with van der Waals surface area (Å²) in [6.45, 7) is 1.37. The number of hydrogen-bond donors (Lipinski definition) is 3. The van der Waals surface area contributed by atoms with Gasteiger partial charge in [-0.3, -0.25) is 9.59 Å². The largest absolute Gasteiger partial charge is 0.481 e. The zero-order valence-corrected chi connectivity index (χ0v) is 7.90. The maximum absolute atomic E-state index is 10.9. The van der Waals surface area contributed by atoms with Gasteiger partial charge in [0, 0.05) is 6.42 Å². The fraction of sp³-hybridized carbons (Fsp3) is 0.778. The summed E-state index contributed by atoms with van der Waals surface area (Å²) >= 11 is 0. The van der Waals surface area contributed by atoms with Crippen molar-refractivity contribution < 1.29 is 19.8 Å². The molecule has 1 aliphatic heterocycles. The molecule has 5 heteroatoms. The Morgan fingerprint density at radius 2 is 1.86 bits per heavy atom. The van der Waals surface area contributed by atoms with Crippen molar-refractivity contribution in [3.8, 4) is 0 Å². The Morgan fingerprint density at radius 1 is 1.21 bits per heavy atom. The zero-order valence-electron chi connectivity index (χ0n) is 7.90. The molecule has 14 heavy (non-hydrogen) atoms. The number of carbonyl (C=O) groups is 2. The molecule has 0 amide bonds. The molecule has 1 aliphatic rings. The molecule has 0 aliphatic carbocycles. The summed E-state index contributed by atoms with van der Waals surface area (Å²) in [5, 5.41) is 20.6. The highest BCUT2D eigenvalue weighted by Gasteiger charge is 2.30. The normalized spacial score (nSPS) is 28.0. The van der Waals surface area contributed by atoms with Crippen LogP contribution >= 0.6 is 0 Å². The topological polar surface area (TPSA) is 86.6 Å². The van der Waals surface area contributed by atoms with E-state index >= 15 is 0 Å². The average molecular weight is 201 g/mol. The molecule has 0 aromatic rings.